The van der Waals surface area contributed by atoms with Gasteiger partial charge >= 0.3 is 5.97 Å². The Labute approximate surface area is 111 Å². The highest BCUT2D eigenvalue weighted by Gasteiger charge is 2.17. The minimum Gasteiger partial charge on any atom is -0.493 e. The summed E-state index contributed by atoms with van der Waals surface area (Å²) >= 11 is 0. The lowest BCUT2D eigenvalue weighted by molar-refractivity contribution is -0.137. The number of hydrogen-bond donors (Lipinski definition) is 0. The first-order valence-electron chi connectivity index (χ1n) is 5.57. The first-order valence-corrected chi connectivity index (χ1v) is 5.57. The molecule has 0 aliphatic rings. The van der Waals surface area contributed by atoms with Gasteiger partial charge in [-0.25, -0.2) is 4.79 Å². The summed E-state index contributed by atoms with van der Waals surface area (Å²) in [6.45, 7) is 1.30. The molecule has 0 spiro atoms. The van der Waals surface area contributed by atoms with E-state index in [-0.39, 0.29) is 11.4 Å². The van der Waals surface area contributed by atoms with Crippen molar-refractivity contribution in [1.82, 2.24) is 0 Å². The molecule has 5 heteroatoms. The Morgan fingerprint density at radius 3 is 2.26 bits per heavy atom. The van der Waals surface area contributed by atoms with Gasteiger partial charge in [-0.3, -0.25) is 4.79 Å². The zero-order valence-corrected chi connectivity index (χ0v) is 11.4. The van der Waals surface area contributed by atoms with Crippen molar-refractivity contribution >= 4 is 17.8 Å². The molecule has 1 aromatic rings. The Kier molecular flexibility index (Phi) is 5.11. The van der Waals surface area contributed by atoms with Gasteiger partial charge in [0, 0.05) is 5.56 Å². The summed E-state index contributed by atoms with van der Waals surface area (Å²) in [5, 5.41) is 0. The molecule has 0 bridgehead atoms. The van der Waals surface area contributed by atoms with E-state index in [0.717, 1.165) is 0 Å². The lowest BCUT2D eigenvalue weighted by Gasteiger charge is -2.10. The maximum atomic E-state index is 11.5. The molecule has 0 N–H and O–H groups in total. The fourth-order valence-corrected chi connectivity index (χ4v) is 1.60. The van der Waals surface area contributed by atoms with Crippen molar-refractivity contribution < 1.29 is 23.8 Å². The lowest BCUT2D eigenvalue weighted by atomic mass is 10.1. The molecular formula is C14H16O5. The fourth-order valence-electron chi connectivity index (χ4n) is 1.60. The summed E-state index contributed by atoms with van der Waals surface area (Å²) in [6, 6.07) is 5.18. The maximum absolute atomic E-state index is 11.5. The number of ether oxygens (including phenoxy) is 3. The van der Waals surface area contributed by atoms with Crippen molar-refractivity contribution in [2.75, 3.05) is 21.3 Å². The van der Waals surface area contributed by atoms with Crippen LogP contribution in [0.1, 0.15) is 12.5 Å². The highest BCUT2D eigenvalue weighted by Crippen LogP contribution is 2.32. The molecule has 0 saturated carbocycles. The van der Waals surface area contributed by atoms with Crippen LogP contribution >= 0.6 is 0 Å². The highest BCUT2D eigenvalue weighted by atomic mass is 16.5. The third kappa shape index (κ3) is 3.34. The largest absolute Gasteiger partial charge is 0.493 e. The van der Waals surface area contributed by atoms with Gasteiger partial charge in [0.25, 0.3) is 0 Å². The smallest absolute Gasteiger partial charge is 0.341 e. The summed E-state index contributed by atoms with van der Waals surface area (Å²) in [7, 11) is 4.22. The third-order valence-corrected chi connectivity index (χ3v) is 2.52. The predicted molar refractivity (Wildman–Crippen MR) is 70.2 cm³/mol. The molecule has 0 aromatic heterocycles. The third-order valence-electron chi connectivity index (χ3n) is 2.52. The van der Waals surface area contributed by atoms with Gasteiger partial charge in [0.05, 0.1) is 21.3 Å². The van der Waals surface area contributed by atoms with Gasteiger partial charge in [-0.1, -0.05) is 12.1 Å². The lowest BCUT2D eigenvalue weighted by Crippen LogP contribution is -2.11. The van der Waals surface area contributed by atoms with Gasteiger partial charge in [-0.05, 0) is 19.1 Å². The number of carbonyl (C=O) groups is 2. The molecule has 0 aliphatic carbocycles. The summed E-state index contributed by atoms with van der Waals surface area (Å²) in [5.41, 5.74) is 0.520. The Bertz CT molecular complexity index is 517. The number of carbonyl (C=O) groups excluding carboxylic acids is 2. The van der Waals surface area contributed by atoms with Gasteiger partial charge in [0.1, 0.15) is 5.57 Å². The van der Waals surface area contributed by atoms with Crippen LogP contribution in [-0.2, 0) is 14.3 Å². The summed E-state index contributed by atoms with van der Waals surface area (Å²) in [4.78, 5) is 23.0. The number of benzene rings is 1. The monoisotopic (exact) mass is 264 g/mol. The van der Waals surface area contributed by atoms with E-state index in [0.29, 0.717) is 17.1 Å². The number of Topliss-reactive ketones (excluding diaryl/α,β-unsaturated/α-hetero) is 1. The zero-order chi connectivity index (χ0) is 14.4. The van der Waals surface area contributed by atoms with Crippen LogP contribution in [0.15, 0.2) is 23.8 Å². The average molecular weight is 264 g/mol. The molecule has 1 aromatic carbocycles. The van der Waals surface area contributed by atoms with Crippen LogP contribution in [0.4, 0.5) is 0 Å². The van der Waals surface area contributed by atoms with Crippen LogP contribution in [0.2, 0.25) is 0 Å². The van der Waals surface area contributed by atoms with E-state index in [1.807, 2.05) is 0 Å². The Morgan fingerprint density at radius 2 is 1.79 bits per heavy atom. The van der Waals surface area contributed by atoms with E-state index >= 15 is 0 Å². The van der Waals surface area contributed by atoms with Crippen LogP contribution in [0.5, 0.6) is 11.5 Å². The zero-order valence-electron chi connectivity index (χ0n) is 11.4. The number of methoxy groups -OCH3 is 3. The van der Waals surface area contributed by atoms with E-state index in [4.69, 9.17) is 9.47 Å². The van der Waals surface area contributed by atoms with Crippen LogP contribution in [0, 0.1) is 0 Å². The minimum absolute atomic E-state index is 0.0472. The molecular weight excluding hydrogens is 248 g/mol. The number of para-hydroxylation sites is 1. The molecule has 0 heterocycles. The normalized spacial score (nSPS) is 10.8. The first-order chi connectivity index (χ1) is 9.04. The second kappa shape index (κ2) is 6.58. The van der Waals surface area contributed by atoms with Crippen LogP contribution in [0.25, 0.3) is 6.08 Å². The molecule has 0 unspecified atom stereocenters. The standard InChI is InChI=1S/C14H16O5/c1-9(15)11(14(16)19-4)8-10-6-5-7-12(17-2)13(10)18-3/h5-8H,1-4H3. The molecule has 0 radical (unpaired) electrons. The van der Waals surface area contributed by atoms with Crippen molar-refractivity contribution in [3.05, 3.63) is 29.3 Å². The van der Waals surface area contributed by atoms with Crippen LogP contribution < -0.4 is 9.47 Å². The summed E-state index contributed by atoms with van der Waals surface area (Å²) in [5.74, 6) is -0.0919. The Hall–Kier alpha value is -2.30. The number of hydrogen-bond acceptors (Lipinski definition) is 5. The predicted octanol–water partition coefficient (Wildman–Crippen LogP) is 1.85. The summed E-state index contributed by atoms with van der Waals surface area (Å²) in [6.07, 6.45) is 1.43. The molecule has 0 aliphatic heterocycles. The van der Waals surface area contributed by atoms with E-state index in [9.17, 15) is 9.59 Å². The van der Waals surface area contributed by atoms with E-state index < -0.39 is 5.97 Å². The molecule has 0 saturated heterocycles. The van der Waals surface area contributed by atoms with Crippen molar-refractivity contribution in [2.24, 2.45) is 0 Å². The van der Waals surface area contributed by atoms with Crippen LogP contribution in [-0.4, -0.2) is 33.1 Å². The number of esters is 1. The topological polar surface area (TPSA) is 61.8 Å². The SMILES string of the molecule is COC(=O)C(=Cc1cccc(OC)c1OC)C(C)=O. The molecule has 5 nitrogen and oxygen atoms in total. The van der Waals surface area contributed by atoms with Gasteiger partial charge in [-0.15, -0.1) is 0 Å². The Balaban J connectivity index is 3.36. The Morgan fingerprint density at radius 1 is 1.11 bits per heavy atom. The maximum Gasteiger partial charge on any atom is 0.341 e. The fraction of sp³-hybridized carbons (Fsp3) is 0.286. The second-order valence-electron chi connectivity index (χ2n) is 3.69. The van der Waals surface area contributed by atoms with Crippen molar-refractivity contribution in [3.8, 4) is 11.5 Å². The quantitative estimate of drug-likeness (QED) is 0.351. The van der Waals surface area contributed by atoms with Gasteiger partial charge in [-0.2, -0.15) is 0 Å². The van der Waals surface area contributed by atoms with Crippen molar-refractivity contribution in [2.45, 2.75) is 6.92 Å². The van der Waals surface area contributed by atoms with E-state index in [1.165, 1.54) is 34.3 Å². The van der Waals surface area contributed by atoms with Crippen molar-refractivity contribution in [3.63, 3.8) is 0 Å². The first kappa shape index (κ1) is 14.8. The molecule has 0 atom stereocenters. The average Bonchev–Trinajstić information content (AvgIpc) is 2.42. The van der Waals surface area contributed by atoms with E-state index in [1.54, 1.807) is 18.2 Å². The van der Waals surface area contributed by atoms with Gasteiger partial charge in [0.15, 0.2) is 17.3 Å². The van der Waals surface area contributed by atoms with Crippen LogP contribution in [0.3, 0.4) is 0 Å². The molecule has 19 heavy (non-hydrogen) atoms. The molecule has 0 fully saturated rings. The van der Waals surface area contributed by atoms with Gasteiger partial charge < -0.3 is 14.2 Å². The molecule has 102 valence electrons. The second-order valence-corrected chi connectivity index (χ2v) is 3.69. The molecule has 1 rings (SSSR count). The highest BCUT2D eigenvalue weighted by molar-refractivity contribution is 6.19. The number of rotatable bonds is 5. The number of ketones is 1. The van der Waals surface area contributed by atoms with Gasteiger partial charge in [0.2, 0.25) is 0 Å². The molecule has 0 amide bonds. The minimum atomic E-state index is -0.683. The van der Waals surface area contributed by atoms with Crippen molar-refractivity contribution in [1.29, 1.82) is 0 Å². The summed E-state index contributed by atoms with van der Waals surface area (Å²) < 4.78 is 15.0. The van der Waals surface area contributed by atoms with E-state index in [2.05, 4.69) is 4.74 Å².